The van der Waals surface area contributed by atoms with Crippen molar-refractivity contribution in [2.45, 2.75) is 33.7 Å². The molecule has 0 atom stereocenters. The Morgan fingerprint density at radius 1 is 1.23 bits per heavy atom. The zero-order valence-electron chi connectivity index (χ0n) is 8.34. The van der Waals surface area contributed by atoms with Crippen molar-refractivity contribution in [1.82, 2.24) is 9.55 Å². The molecule has 0 bridgehead atoms. The van der Waals surface area contributed by atoms with Gasteiger partial charge in [-0.3, -0.25) is 14.3 Å². The number of nitrogens with zero attached hydrogens (tertiary/aromatic N) is 1. The van der Waals surface area contributed by atoms with Gasteiger partial charge in [-0.25, -0.2) is 4.79 Å². The van der Waals surface area contributed by atoms with Crippen molar-refractivity contribution in [3.05, 3.63) is 32.1 Å². The molecule has 1 aromatic rings. The molecule has 1 N–H and O–H groups in total. The molecule has 1 rings (SSSR count). The van der Waals surface area contributed by atoms with Crippen LogP contribution in [0.25, 0.3) is 0 Å². The lowest BCUT2D eigenvalue weighted by atomic mass is 10.2. The maximum Gasteiger partial charge on any atom is 0.328 e. The van der Waals surface area contributed by atoms with Gasteiger partial charge in [-0.15, -0.1) is 0 Å². The quantitative estimate of drug-likeness (QED) is 0.696. The Morgan fingerprint density at radius 2 is 1.77 bits per heavy atom. The predicted octanol–water partition coefficient (Wildman–Crippen LogP) is 0.734. The molecule has 72 valence electrons. The first-order valence-corrected chi connectivity index (χ1v) is 4.27. The van der Waals surface area contributed by atoms with Crippen LogP contribution < -0.4 is 11.2 Å². The van der Waals surface area contributed by atoms with E-state index in [-0.39, 0.29) is 17.3 Å². The van der Waals surface area contributed by atoms with Crippen molar-refractivity contribution in [1.29, 1.82) is 0 Å². The molecule has 1 heterocycles. The number of nitrogens with one attached hydrogen (secondary N) is 1. The first kappa shape index (κ1) is 9.77. The fourth-order valence-corrected chi connectivity index (χ4v) is 1.37. The van der Waals surface area contributed by atoms with Crippen molar-refractivity contribution < 1.29 is 0 Å². The fraction of sp³-hybridized carbons (Fsp3) is 0.556. The van der Waals surface area contributed by atoms with E-state index in [1.165, 1.54) is 0 Å². The van der Waals surface area contributed by atoms with Crippen LogP contribution in [0.5, 0.6) is 0 Å². The van der Waals surface area contributed by atoms with Gasteiger partial charge in [0.2, 0.25) is 0 Å². The summed E-state index contributed by atoms with van der Waals surface area (Å²) in [5, 5.41) is 0. The van der Waals surface area contributed by atoms with Gasteiger partial charge in [0.1, 0.15) is 0 Å². The third-order valence-electron chi connectivity index (χ3n) is 2.20. The summed E-state index contributed by atoms with van der Waals surface area (Å²) in [5.74, 6) is 0. The Bertz CT molecular complexity index is 426. The van der Waals surface area contributed by atoms with Gasteiger partial charge in [-0.2, -0.15) is 0 Å². The van der Waals surface area contributed by atoms with Crippen molar-refractivity contribution in [2.24, 2.45) is 0 Å². The number of aromatic amines is 1. The Hall–Kier alpha value is -1.32. The second kappa shape index (κ2) is 3.20. The molecule has 0 unspecified atom stereocenters. The molecule has 4 heteroatoms. The van der Waals surface area contributed by atoms with E-state index in [4.69, 9.17) is 0 Å². The van der Waals surface area contributed by atoms with E-state index in [0.29, 0.717) is 5.56 Å². The molecule has 13 heavy (non-hydrogen) atoms. The zero-order valence-corrected chi connectivity index (χ0v) is 8.34. The highest BCUT2D eigenvalue weighted by molar-refractivity contribution is 5.14. The number of aromatic nitrogens is 2. The molecule has 0 aliphatic rings. The average Bonchev–Trinajstić information content (AvgIpc) is 1.99. The molecule has 0 saturated heterocycles. The van der Waals surface area contributed by atoms with Crippen LogP contribution in [-0.4, -0.2) is 9.55 Å². The lowest BCUT2D eigenvalue weighted by Gasteiger charge is -2.13. The fourth-order valence-electron chi connectivity index (χ4n) is 1.37. The number of rotatable bonds is 1. The minimum Gasteiger partial charge on any atom is -0.295 e. The number of hydrogen-bond donors (Lipinski definition) is 1. The lowest BCUT2D eigenvalue weighted by Crippen LogP contribution is -2.34. The highest BCUT2D eigenvalue weighted by atomic mass is 16.2. The lowest BCUT2D eigenvalue weighted by molar-refractivity contribution is 0.542. The highest BCUT2D eigenvalue weighted by Gasteiger charge is 2.08. The Labute approximate surface area is 76.2 Å². The first-order chi connectivity index (χ1) is 5.95. The first-order valence-electron chi connectivity index (χ1n) is 4.27. The van der Waals surface area contributed by atoms with Gasteiger partial charge in [-0.1, -0.05) is 0 Å². The van der Waals surface area contributed by atoms with Gasteiger partial charge in [0.25, 0.3) is 5.56 Å². The molecule has 0 spiro atoms. The van der Waals surface area contributed by atoms with Crippen molar-refractivity contribution >= 4 is 0 Å². The average molecular weight is 182 g/mol. The van der Waals surface area contributed by atoms with Crippen LogP contribution in [0.1, 0.15) is 31.1 Å². The normalized spacial score (nSPS) is 10.8. The molecule has 0 saturated carbocycles. The van der Waals surface area contributed by atoms with Crippen LogP contribution >= 0.6 is 0 Å². The van der Waals surface area contributed by atoms with Gasteiger partial charge in [0, 0.05) is 17.3 Å². The molecule has 1 aromatic heterocycles. The van der Waals surface area contributed by atoms with Crippen molar-refractivity contribution in [2.75, 3.05) is 0 Å². The maximum absolute atomic E-state index is 11.4. The van der Waals surface area contributed by atoms with Crippen LogP contribution in [0.15, 0.2) is 9.59 Å². The summed E-state index contributed by atoms with van der Waals surface area (Å²) < 4.78 is 1.58. The molecule has 0 fully saturated rings. The molecule has 0 aliphatic carbocycles. The summed E-state index contributed by atoms with van der Waals surface area (Å²) in [6.07, 6.45) is 0. The molecule has 0 aromatic carbocycles. The molecular weight excluding hydrogens is 168 g/mol. The standard InChI is InChI=1S/C9H14N2O2/c1-5(2)11-7(4)6(3)8(12)10-9(11)13/h5H,1-4H3,(H,10,12,13). The summed E-state index contributed by atoms with van der Waals surface area (Å²) in [6, 6.07) is 0.0723. The second-order valence-electron chi connectivity index (χ2n) is 3.43. The Balaban J connectivity index is 3.63. The van der Waals surface area contributed by atoms with Crippen molar-refractivity contribution in [3.8, 4) is 0 Å². The molecule has 0 amide bonds. The van der Waals surface area contributed by atoms with E-state index in [0.717, 1.165) is 5.69 Å². The summed E-state index contributed by atoms with van der Waals surface area (Å²) in [5.41, 5.74) is 0.722. The van der Waals surface area contributed by atoms with E-state index >= 15 is 0 Å². The molecular formula is C9H14N2O2. The molecule has 4 nitrogen and oxygen atoms in total. The molecule has 0 radical (unpaired) electrons. The van der Waals surface area contributed by atoms with Gasteiger partial charge < -0.3 is 0 Å². The summed E-state index contributed by atoms with van der Waals surface area (Å²) in [4.78, 5) is 24.8. The van der Waals surface area contributed by atoms with Gasteiger partial charge in [0.05, 0.1) is 0 Å². The van der Waals surface area contributed by atoms with Crippen LogP contribution in [0.4, 0.5) is 0 Å². The van der Waals surface area contributed by atoms with Crippen LogP contribution in [0.2, 0.25) is 0 Å². The van der Waals surface area contributed by atoms with E-state index in [2.05, 4.69) is 4.98 Å². The van der Waals surface area contributed by atoms with E-state index in [1.54, 1.807) is 18.4 Å². The van der Waals surface area contributed by atoms with E-state index in [9.17, 15) is 9.59 Å². The largest absolute Gasteiger partial charge is 0.328 e. The van der Waals surface area contributed by atoms with Crippen LogP contribution in [0, 0.1) is 13.8 Å². The smallest absolute Gasteiger partial charge is 0.295 e. The topological polar surface area (TPSA) is 54.9 Å². The van der Waals surface area contributed by atoms with Gasteiger partial charge >= 0.3 is 5.69 Å². The Morgan fingerprint density at radius 3 is 2.23 bits per heavy atom. The monoisotopic (exact) mass is 182 g/mol. The number of hydrogen-bond acceptors (Lipinski definition) is 2. The third-order valence-corrected chi connectivity index (χ3v) is 2.20. The zero-order chi connectivity index (χ0) is 10.2. The summed E-state index contributed by atoms with van der Waals surface area (Å²) in [7, 11) is 0. The number of H-pyrrole nitrogens is 1. The SMILES string of the molecule is Cc1c(C)n(C(C)C)c(=O)[nH]c1=O. The van der Waals surface area contributed by atoms with Crippen LogP contribution in [0.3, 0.4) is 0 Å². The Kier molecular flexibility index (Phi) is 2.40. The second-order valence-corrected chi connectivity index (χ2v) is 3.43. The maximum atomic E-state index is 11.4. The highest BCUT2D eigenvalue weighted by Crippen LogP contribution is 2.04. The minimum atomic E-state index is -0.330. The summed E-state index contributed by atoms with van der Waals surface area (Å²) in [6.45, 7) is 7.32. The van der Waals surface area contributed by atoms with E-state index < -0.39 is 0 Å². The summed E-state index contributed by atoms with van der Waals surface area (Å²) >= 11 is 0. The van der Waals surface area contributed by atoms with Gasteiger partial charge in [-0.05, 0) is 27.7 Å². The van der Waals surface area contributed by atoms with Crippen LogP contribution in [-0.2, 0) is 0 Å². The van der Waals surface area contributed by atoms with E-state index in [1.807, 2.05) is 13.8 Å². The molecule has 0 aliphatic heterocycles. The predicted molar refractivity (Wildman–Crippen MR) is 51.2 cm³/mol. The minimum absolute atomic E-state index is 0.0723. The third kappa shape index (κ3) is 1.56. The van der Waals surface area contributed by atoms with Gasteiger partial charge in [0.15, 0.2) is 0 Å². The van der Waals surface area contributed by atoms with Crippen molar-refractivity contribution in [3.63, 3.8) is 0 Å².